The van der Waals surface area contributed by atoms with Crippen LogP contribution in [0, 0.1) is 11.1 Å². The predicted molar refractivity (Wildman–Crippen MR) is 102 cm³/mol. The van der Waals surface area contributed by atoms with E-state index in [-0.39, 0.29) is 6.67 Å². The number of hydrogen-bond donors (Lipinski definition) is 0. The Morgan fingerprint density at radius 1 is 1.33 bits per heavy atom. The van der Waals surface area contributed by atoms with Gasteiger partial charge >= 0.3 is 11.1 Å². The molecule has 8 nitrogen and oxygen atoms in total. The monoisotopic (exact) mass is 396 g/mol. The van der Waals surface area contributed by atoms with Crippen molar-refractivity contribution >= 4 is 22.4 Å². The van der Waals surface area contributed by atoms with Crippen molar-refractivity contribution in [3.05, 3.63) is 10.2 Å². The number of nitrogens with zero attached hydrogens (tertiary/aromatic N) is 4. The Morgan fingerprint density at radius 2 is 2.11 bits per heavy atom. The predicted octanol–water partition coefficient (Wildman–Crippen LogP) is 2.59. The molecule has 0 amide bonds. The van der Waals surface area contributed by atoms with Crippen molar-refractivity contribution in [3.63, 3.8) is 0 Å². The number of likely N-dealkylation sites (N-methyl/N-ethyl adjacent to an activating group) is 1. The molecule has 9 heteroatoms. The third-order valence-corrected chi connectivity index (χ3v) is 7.00. The Balaban J connectivity index is 1.49. The first-order valence-electron chi connectivity index (χ1n) is 9.89. The zero-order valence-corrected chi connectivity index (χ0v) is 16.8. The van der Waals surface area contributed by atoms with E-state index < -0.39 is 22.9 Å². The standard InChI is InChI=1S/C18H28N4O4S/c1-12-8-14(25-10-12)17(23)26-15-9-21(2)11-22(15,24)18-20-19-16(27-18)13-6-4-3-5-7-13/h12-15H,3-11H2,1-2H3. The van der Waals surface area contributed by atoms with E-state index in [2.05, 4.69) is 10.2 Å². The first-order valence-corrected chi connectivity index (χ1v) is 10.7. The number of ether oxygens (including phenoxy) is 2. The van der Waals surface area contributed by atoms with Gasteiger partial charge in [0.2, 0.25) is 0 Å². The Hall–Kier alpha value is -1.13. The van der Waals surface area contributed by atoms with Crippen LogP contribution in [0.2, 0.25) is 0 Å². The molecule has 4 unspecified atom stereocenters. The van der Waals surface area contributed by atoms with Crippen LogP contribution in [0.4, 0.5) is 5.13 Å². The molecule has 27 heavy (non-hydrogen) atoms. The zero-order valence-electron chi connectivity index (χ0n) is 16.0. The van der Waals surface area contributed by atoms with Crippen LogP contribution in [-0.4, -0.2) is 60.3 Å². The highest BCUT2D eigenvalue weighted by Crippen LogP contribution is 2.40. The molecule has 0 radical (unpaired) electrons. The summed E-state index contributed by atoms with van der Waals surface area (Å²) < 4.78 is 10.4. The fourth-order valence-electron chi connectivity index (χ4n) is 4.26. The summed E-state index contributed by atoms with van der Waals surface area (Å²) in [7, 11) is 1.86. The highest BCUT2D eigenvalue weighted by atomic mass is 32.1. The van der Waals surface area contributed by atoms with Crippen molar-refractivity contribution in [3.8, 4) is 0 Å². The number of hydroxylamine groups is 2. The Bertz CT molecular complexity index is 680. The maximum absolute atomic E-state index is 13.6. The second-order valence-electron chi connectivity index (χ2n) is 8.29. The van der Waals surface area contributed by atoms with Gasteiger partial charge in [0.1, 0.15) is 11.7 Å². The van der Waals surface area contributed by atoms with E-state index in [0.717, 1.165) is 17.8 Å². The van der Waals surface area contributed by atoms with Gasteiger partial charge in [0.25, 0.3) is 6.23 Å². The summed E-state index contributed by atoms with van der Waals surface area (Å²) in [6.07, 6.45) is 5.17. The lowest BCUT2D eigenvalue weighted by Crippen LogP contribution is -2.51. The van der Waals surface area contributed by atoms with Crippen LogP contribution < -0.4 is 4.65 Å². The van der Waals surface area contributed by atoms with Crippen LogP contribution in [0.15, 0.2) is 0 Å². The fraction of sp³-hybridized carbons (Fsp3) is 0.833. The van der Waals surface area contributed by atoms with Gasteiger partial charge in [-0.05, 0) is 43.6 Å². The largest absolute Gasteiger partial charge is 0.622 e. The SMILES string of the molecule is CC1COC(C(=O)OC2CN(C)C[N+]2([O-])c2nnc(C3CCCCC3)s2)C1. The molecule has 1 aromatic rings. The maximum Gasteiger partial charge on any atom is 0.339 e. The highest BCUT2D eigenvalue weighted by Gasteiger charge is 2.46. The van der Waals surface area contributed by atoms with Crippen molar-refractivity contribution in [1.82, 2.24) is 19.7 Å². The molecule has 4 atom stereocenters. The summed E-state index contributed by atoms with van der Waals surface area (Å²) in [6, 6.07) is 0. The summed E-state index contributed by atoms with van der Waals surface area (Å²) in [6.45, 7) is 3.19. The number of carbonyl (C=O) groups excluding carboxylic acids is 1. The summed E-state index contributed by atoms with van der Waals surface area (Å²) >= 11 is 1.39. The van der Waals surface area contributed by atoms with Gasteiger partial charge in [-0.25, -0.2) is 9.69 Å². The molecule has 0 aromatic carbocycles. The summed E-state index contributed by atoms with van der Waals surface area (Å²) in [4.78, 5) is 14.4. The smallest absolute Gasteiger partial charge is 0.339 e. The normalized spacial score (nSPS) is 35.6. The van der Waals surface area contributed by atoms with Crippen molar-refractivity contribution in [1.29, 1.82) is 0 Å². The third-order valence-electron chi connectivity index (χ3n) is 5.81. The van der Waals surface area contributed by atoms with E-state index in [0.29, 0.717) is 36.5 Å². The minimum absolute atomic E-state index is 0.208. The summed E-state index contributed by atoms with van der Waals surface area (Å²) in [5, 5.41) is 23.5. The molecule has 0 bridgehead atoms. The van der Waals surface area contributed by atoms with Crippen LogP contribution in [-0.2, 0) is 14.3 Å². The molecule has 3 aliphatic rings. The van der Waals surface area contributed by atoms with Crippen LogP contribution in [0.1, 0.15) is 56.4 Å². The van der Waals surface area contributed by atoms with Gasteiger partial charge in [0.05, 0.1) is 13.2 Å². The number of quaternary nitrogens is 1. The van der Waals surface area contributed by atoms with Gasteiger partial charge in [-0.3, -0.25) is 4.65 Å². The molecule has 0 spiro atoms. The summed E-state index contributed by atoms with van der Waals surface area (Å²) in [5.41, 5.74) is 0. The summed E-state index contributed by atoms with van der Waals surface area (Å²) in [5.74, 6) is 0.308. The van der Waals surface area contributed by atoms with Crippen molar-refractivity contribution in [2.75, 3.05) is 26.9 Å². The van der Waals surface area contributed by atoms with E-state index >= 15 is 0 Å². The van der Waals surface area contributed by atoms with E-state index in [1.165, 1.54) is 30.6 Å². The molecule has 150 valence electrons. The van der Waals surface area contributed by atoms with E-state index in [1.807, 2.05) is 18.9 Å². The molecular weight excluding hydrogens is 368 g/mol. The number of hydrogen-bond acceptors (Lipinski definition) is 8. The van der Waals surface area contributed by atoms with Gasteiger partial charge in [-0.2, -0.15) is 0 Å². The molecule has 4 rings (SSSR count). The van der Waals surface area contributed by atoms with Gasteiger partial charge in [-0.15, -0.1) is 5.10 Å². The minimum atomic E-state index is -0.825. The fourth-order valence-corrected chi connectivity index (χ4v) is 5.34. The molecule has 1 aliphatic carbocycles. The van der Waals surface area contributed by atoms with Gasteiger partial charge in [0, 0.05) is 5.92 Å². The van der Waals surface area contributed by atoms with Crippen LogP contribution in [0.3, 0.4) is 0 Å². The number of esters is 1. The van der Waals surface area contributed by atoms with E-state index in [4.69, 9.17) is 9.47 Å². The van der Waals surface area contributed by atoms with Crippen LogP contribution in [0.5, 0.6) is 0 Å². The number of aromatic nitrogens is 2. The van der Waals surface area contributed by atoms with E-state index in [1.54, 1.807) is 0 Å². The average Bonchev–Trinajstić information content (AvgIpc) is 3.36. The molecule has 3 heterocycles. The molecule has 2 aliphatic heterocycles. The van der Waals surface area contributed by atoms with Crippen molar-refractivity contribution in [2.24, 2.45) is 5.92 Å². The first kappa shape index (κ1) is 19.2. The molecular formula is C18H28N4O4S. The number of rotatable bonds is 4. The quantitative estimate of drug-likeness (QED) is 0.439. The lowest BCUT2D eigenvalue weighted by Gasteiger charge is -2.38. The molecule has 1 aromatic heterocycles. The van der Waals surface area contributed by atoms with Crippen LogP contribution >= 0.6 is 11.3 Å². The lowest BCUT2D eigenvalue weighted by atomic mass is 9.90. The lowest BCUT2D eigenvalue weighted by molar-refractivity contribution is -0.164. The Morgan fingerprint density at radius 3 is 2.81 bits per heavy atom. The minimum Gasteiger partial charge on any atom is -0.622 e. The Labute approximate surface area is 163 Å². The highest BCUT2D eigenvalue weighted by molar-refractivity contribution is 7.15. The van der Waals surface area contributed by atoms with Crippen molar-refractivity contribution < 1.29 is 14.3 Å². The maximum atomic E-state index is 13.6. The molecule has 3 fully saturated rings. The molecule has 2 saturated heterocycles. The topological polar surface area (TPSA) is 87.6 Å². The van der Waals surface area contributed by atoms with Crippen molar-refractivity contribution in [2.45, 2.75) is 63.7 Å². The molecule has 0 N–H and O–H groups in total. The Kier molecular flexibility index (Phi) is 5.48. The average molecular weight is 397 g/mol. The second kappa shape index (κ2) is 7.71. The van der Waals surface area contributed by atoms with Gasteiger partial charge in [0.15, 0.2) is 6.10 Å². The van der Waals surface area contributed by atoms with Gasteiger partial charge in [-0.1, -0.05) is 31.3 Å². The number of carbonyl (C=O) groups is 1. The van der Waals surface area contributed by atoms with Crippen LogP contribution in [0.25, 0.3) is 0 Å². The van der Waals surface area contributed by atoms with E-state index in [9.17, 15) is 10.0 Å². The molecule has 1 saturated carbocycles. The third kappa shape index (κ3) is 3.88. The second-order valence-corrected chi connectivity index (χ2v) is 9.28. The first-order chi connectivity index (χ1) is 13.0. The zero-order chi connectivity index (χ0) is 19.0. The van der Waals surface area contributed by atoms with Gasteiger partial charge < -0.3 is 14.7 Å².